The van der Waals surface area contributed by atoms with Crippen LogP contribution in [0.3, 0.4) is 0 Å². The third-order valence-corrected chi connectivity index (χ3v) is 4.26. The first-order valence-corrected chi connectivity index (χ1v) is 7.45. The van der Waals surface area contributed by atoms with Crippen LogP contribution < -0.4 is 5.73 Å². The summed E-state index contributed by atoms with van der Waals surface area (Å²) in [5.41, 5.74) is 7.63. The lowest BCUT2D eigenvalue weighted by Gasteiger charge is -2.23. The number of benzene rings is 1. The molecule has 2 unspecified atom stereocenters. The maximum Gasteiger partial charge on any atom is 0.0881 e. The van der Waals surface area contributed by atoms with Gasteiger partial charge in [0.2, 0.25) is 0 Å². The number of hydrogen-bond acceptors (Lipinski definition) is 3. The van der Waals surface area contributed by atoms with Crippen LogP contribution in [0.1, 0.15) is 23.1 Å². The van der Waals surface area contributed by atoms with Crippen molar-refractivity contribution in [1.29, 1.82) is 0 Å². The van der Waals surface area contributed by atoms with E-state index in [0.717, 1.165) is 20.1 Å². The normalized spacial score (nSPS) is 14.1. The summed E-state index contributed by atoms with van der Waals surface area (Å²) in [6.45, 7) is 0.365. The van der Waals surface area contributed by atoms with Gasteiger partial charge in [-0.25, -0.2) is 0 Å². The number of aromatic nitrogens is 1. The van der Waals surface area contributed by atoms with Gasteiger partial charge in [-0.1, -0.05) is 31.9 Å². The number of aliphatic hydroxyl groups excluding tert-OH is 1. The topological polar surface area (TPSA) is 59.1 Å². The second-order valence-corrected chi connectivity index (χ2v) is 6.00. The Kier molecular flexibility index (Phi) is 5.10. The standard InChI is InChI=1S/C14H14Br2N2O/c15-10-1-2-13(16)11(7-10)14(19)12(8-17)9-3-5-18-6-4-9/h1-7,12,14,19H,8,17H2. The van der Waals surface area contributed by atoms with E-state index in [0.29, 0.717) is 6.54 Å². The monoisotopic (exact) mass is 384 g/mol. The third-order valence-electron chi connectivity index (χ3n) is 3.05. The van der Waals surface area contributed by atoms with Crippen molar-refractivity contribution < 1.29 is 5.11 Å². The lowest BCUT2D eigenvalue weighted by molar-refractivity contribution is 0.146. The van der Waals surface area contributed by atoms with Gasteiger partial charge in [0.1, 0.15) is 0 Å². The fourth-order valence-electron chi connectivity index (χ4n) is 2.02. The Balaban J connectivity index is 2.36. The van der Waals surface area contributed by atoms with Crippen molar-refractivity contribution in [3.05, 3.63) is 62.8 Å². The molecule has 100 valence electrons. The van der Waals surface area contributed by atoms with Crippen LogP contribution in [-0.4, -0.2) is 16.6 Å². The Morgan fingerprint density at radius 2 is 1.84 bits per heavy atom. The van der Waals surface area contributed by atoms with Crippen molar-refractivity contribution in [2.45, 2.75) is 12.0 Å². The van der Waals surface area contributed by atoms with E-state index in [-0.39, 0.29) is 5.92 Å². The Morgan fingerprint density at radius 1 is 1.16 bits per heavy atom. The molecule has 0 saturated heterocycles. The van der Waals surface area contributed by atoms with E-state index in [9.17, 15) is 5.11 Å². The van der Waals surface area contributed by atoms with E-state index < -0.39 is 6.10 Å². The van der Waals surface area contributed by atoms with Gasteiger partial charge in [0.05, 0.1) is 6.10 Å². The quantitative estimate of drug-likeness (QED) is 0.847. The average Bonchev–Trinajstić information content (AvgIpc) is 2.43. The highest BCUT2D eigenvalue weighted by atomic mass is 79.9. The zero-order chi connectivity index (χ0) is 13.8. The molecule has 2 aromatic rings. The number of nitrogens with two attached hydrogens (primary N) is 1. The van der Waals surface area contributed by atoms with Crippen molar-refractivity contribution in [3.8, 4) is 0 Å². The molecule has 19 heavy (non-hydrogen) atoms. The molecule has 1 heterocycles. The van der Waals surface area contributed by atoms with Gasteiger partial charge in [-0.3, -0.25) is 4.98 Å². The molecular weight excluding hydrogens is 372 g/mol. The van der Waals surface area contributed by atoms with Crippen molar-refractivity contribution in [1.82, 2.24) is 4.98 Å². The summed E-state index contributed by atoms with van der Waals surface area (Å²) < 4.78 is 1.80. The second kappa shape index (κ2) is 6.61. The van der Waals surface area contributed by atoms with Gasteiger partial charge >= 0.3 is 0 Å². The number of aliphatic hydroxyl groups is 1. The zero-order valence-corrected chi connectivity index (χ0v) is 13.3. The highest BCUT2D eigenvalue weighted by molar-refractivity contribution is 9.11. The van der Waals surface area contributed by atoms with Crippen LogP contribution in [0, 0.1) is 0 Å². The van der Waals surface area contributed by atoms with Crippen molar-refractivity contribution >= 4 is 31.9 Å². The molecule has 0 bridgehead atoms. The molecule has 3 N–H and O–H groups in total. The molecule has 1 aromatic carbocycles. The second-order valence-electron chi connectivity index (χ2n) is 4.23. The van der Waals surface area contributed by atoms with Crippen LogP contribution in [-0.2, 0) is 0 Å². The van der Waals surface area contributed by atoms with Crippen LogP contribution in [0.4, 0.5) is 0 Å². The van der Waals surface area contributed by atoms with Gasteiger partial charge in [0, 0.05) is 33.8 Å². The Bertz CT molecular complexity index is 548. The summed E-state index contributed by atoms with van der Waals surface area (Å²) in [5.74, 6) is -0.159. The molecular formula is C14H14Br2N2O. The molecule has 0 spiro atoms. The molecule has 3 nitrogen and oxygen atoms in total. The van der Waals surface area contributed by atoms with Crippen molar-refractivity contribution in [3.63, 3.8) is 0 Å². The predicted octanol–water partition coefficient (Wildman–Crippen LogP) is 3.38. The summed E-state index contributed by atoms with van der Waals surface area (Å²) in [5, 5.41) is 10.6. The minimum absolute atomic E-state index is 0.159. The maximum atomic E-state index is 10.6. The molecule has 1 aromatic heterocycles. The molecule has 0 radical (unpaired) electrons. The van der Waals surface area contributed by atoms with Gasteiger partial charge in [0.25, 0.3) is 0 Å². The van der Waals surface area contributed by atoms with Gasteiger partial charge in [0.15, 0.2) is 0 Å². The molecule has 0 aliphatic heterocycles. The Morgan fingerprint density at radius 3 is 2.47 bits per heavy atom. The highest BCUT2D eigenvalue weighted by Crippen LogP contribution is 2.35. The number of nitrogens with zero attached hydrogens (tertiary/aromatic N) is 1. The number of pyridine rings is 1. The first kappa shape index (κ1) is 14.7. The van der Waals surface area contributed by atoms with E-state index in [4.69, 9.17) is 5.73 Å². The lowest BCUT2D eigenvalue weighted by Crippen LogP contribution is -2.20. The maximum absolute atomic E-state index is 10.6. The van der Waals surface area contributed by atoms with Crippen LogP contribution in [0.15, 0.2) is 51.7 Å². The van der Waals surface area contributed by atoms with E-state index in [1.807, 2.05) is 30.3 Å². The number of halogens is 2. The van der Waals surface area contributed by atoms with E-state index in [1.54, 1.807) is 12.4 Å². The molecule has 0 amide bonds. The fourth-order valence-corrected chi connectivity index (χ4v) is 2.88. The van der Waals surface area contributed by atoms with Crippen molar-refractivity contribution in [2.75, 3.05) is 6.54 Å². The molecule has 0 saturated carbocycles. The van der Waals surface area contributed by atoms with Crippen LogP contribution in [0.2, 0.25) is 0 Å². The number of hydrogen-bond donors (Lipinski definition) is 2. The van der Waals surface area contributed by atoms with E-state index in [1.165, 1.54) is 0 Å². The minimum atomic E-state index is -0.667. The van der Waals surface area contributed by atoms with Crippen molar-refractivity contribution in [2.24, 2.45) is 5.73 Å². The zero-order valence-electron chi connectivity index (χ0n) is 10.1. The highest BCUT2D eigenvalue weighted by Gasteiger charge is 2.23. The summed E-state index contributed by atoms with van der Waals surface area (Å²) in [6, 6.07) is 9.49. The summed E-state index contributed by atoms with van der Waals surface area (Å²) in [6.07, 6.45) is 2.75. The predicted molar refractivity (Wildman–Crippen MR) is 82.8 cm³/mol. The largest absolute Gasteiger partial charge is 0.388 e. The summed E-state index contributed by atoms with van der Waals surface area (Å²) in [7, 11) is 0. The fraction of sp³-hybridized carbons (Fsp3) is 0.214. The van der Waals surface area contributed by atoms with Gasteiger partial charge in [-0.15, -0.1) is 0 Å². The first-order chi connectivity index (χ1) is 9.13. The SMILES string of the molecule is NCC(c1ccncc1)C(O)c1cc(Br)ccc1Br. The molecule has 0 aliphatic rings. The molecule has 2 atom stereocenters. The minimum Gasteiger partial charge on any atom is -0.388 e. The molecule has 0 fully saturated rings. The molecule has 0 aliphatic carbocycles. The smallest absolute Gasteiger partial charge is 0.0881 e. The number of rotatable bonds is 4. The van der Waals surface area contributed by atoms with E-state index in [2.05, 4.69) is 36.8 Å². The third kappa shape index (κ3) is 3.42. The Labute approximate surface area is 129 Å². The Hall–Kier alpha value is -0.750. The molecule has 2 rings (SSSR count). The average molecular weight is 386 g/mol. The van der Waals surface area contributed by atoms with Gasteiger partial charge in [-0.2, -0.15) is 0 Å². The van der Waals surface area contributed by atoms with Gasteiger partial charge < -0.3 is 10.8 Å². The summed E-state index contributed by atoms with van der Waals surface area (Å²) in [4.78, 5) is 3.99. The van der Waals surface area contributed by atoms with E-state index >= 15 is 0 Å². The van der Waals surface area contributed by atoms with Crippen LogP contribution in [0.25, 0.3) is 0 Å². The van der Waals surface area contributed by atoms with Gasteiger partial charge in [-0.05, 0) is 41.5 Å². The van der Waals surface area contributed by atoms with Crippen LogP contribution >= 0.6 is 31.9 Å². The first-order valence-electron chi connectivity index (χ1n) is 5.86. The molecule has 5 heteroatoms. The summed E-state index contributed by atoms with van der Waals surface area (Å²) >= 11 is 6.89. The lowest BCUT2D eigenvalue weighted by atomic mass is 9.90. The van der Waals surface area contributed by atoms with Crippen LogP contribution in [0.5, 0.6) is 0 Å².